The van der Waals surface area contributed by atoms with Gasteiger partial charge in [-0.1, -0.05) is 29.8 Å². The van der Waals surface area contributed by atoms with Crippen LogP contribution in [0.2, 0.25) is 5.02 Å². The van der Waals surface area contributed by atoms with E-state index in [0.29, 0.717) is 37.5 Å². The fraction of sp³-hybridized carbons (Fsp3) is 0.529. The van der Waals surface area contributed by atoms with E-state index in [0.717, 1.165) is 5.56 Å². The number of piperidine rings is 1. The van der Waals surface area contributed by atoms with Crippen molar-refractivity contribution in [3.05, 3.63) is 34.9 Å². The Morgan fingerprint density at radius 3 is 2.52 bits per heavy atom. The number of rotatable bonds is 4. The minimum atomic E-state index is -0.0464. The van der Waals surface area contributed by atoms with Gasteiger partial charge in [0.15, 0.2) is 0 Å². The van der Waals surface area contributed by atoms with Crippen LogP contribution < -0.4 is 10.6 Å². The molecule has 0 aromatic heterocycles. The molecular weight excluding hydrogens is 314 g/mol. The van der Waals surface area contributed by atoms with Crippen LogP contribution in [-0.4, -0.2) is 36.0 Å². The molecule has 2 N–H and O–H groups in total. The summed E-state index contributed by atoms with van der Waals surface area (Å²) in [6.07, 6.45) is 1.39. The number of nitrogens with zero attached hydrogens (tertiary/aromatic N) is 1. The Kier molecular flexibility index (Phi) is 6.28. The summed E-state index contributed by atoms with van der Waals surface area (Å²) < 4.78 is 0. The first-order chi connectivity index (χ1) is 11.0. The lowest BCUT2D eigenvalue weighted by atomic mass is 9.96. The minimum absolute atomic E-state index is 0.0360. The van der Waals surface area contributed by atoms with E-state index >= 15 is 0 Å². The van der Waals surface area contributed by atoms with Crippen molar-refractivity contribution in [2.24, 2.45) is 5.92 Å². The van der Waals surface area contributed by atoms with Crippen LogP contribution >= 0.6 is 11.6 Å². The molecule has 6 heteroatoms. The summed E-state index contributed by atoms with van der Waals surface area (Å²) in [7, 11) is 0. The van der Waals surface area contributed by atoms with Crippen LogP contribution in [0.15, 0.2) is 24.3 Å². The molecule has 0 unspecified atom stereocenters. The summed E-state index contributed by atoms with van der Waals surface area (Å²) in [4.78, 5) is 26.0. The van der Waals surface area contributed by atoms with Gasteiger partial charge in [0.25, 0.3) is 0 Å². The average molecular weight is 338 g/mol. The van der Waals surface area contributed by atoms with Crippen LogP contribution in [0.25, 0.3) is 0 Å². The van der Waals surface area contributed by atoms with Crippen molar-refractivity contribution in [3.8, 4) is 0 Å². The lowest BCUT2D eigenvalue weighted by Crippen LogP contribution is -2.48. The molecule has 1 fully saturated rings. The molecule has 23 heavy (non-hydrogen) atoms. The van der Waals surface area contributed by atoms with Gasteiger partial charge in [-0.25, -0.2) is 4.79 Å². The van der Waals surface area contributed by atoms with Crippen molar-refractivity contribution in [3.63, 3.8) is 0 Å². The lowest BCUT2D eigenvalue weighted by molar-refractivity contribution is -0.126. The van der Waals surface area contributed by atoms with Crippen molar-refractivity contribution >= 4 is 23.5 Å². The zero-order valence-electron chi connectivity index (χ0n) is 13.6. The Balaban J connectivity index is 1.77. The molecule has 0 bridgehead atoms. The Labute approximate surface area is 142 Å². The monoisotopic (exact) mass is 337 g/mol. The second-order valence-electron chi connectivity index (χ2n) is 6.17. The highest BCUT2D eigenvalue weighted by Gasteiger charge is 2.27. The summed E-state index contributed by atoms with van der Waals surface area (Å²) in [5.41, 5.74) is 0.913. The van der Waals surface area contributed by atoms with Gasteiger partial charge in [0.05, 0.1) is 0 Å². The van der Waals surface area contributed by atoms with Crippen LogP contribution in [0.4, 0.5) is 4.79 Å². The van der Waals surface area contributed by atoms with Crippen molar-refractivity contribution in [2.45, 2.75) is 39.3 Å². The maximum atomic E-state index is 12.3. The number of benzene rings is 1. The molecule has 1 heterocycles. The van der Waals surface area contributed by atoms with Gasteiger partial charge in [0.2, 0.25) is 5.91 Å². The van der Waals surface area contributed by atoms with Gasteiger partial charge in [0.1, 0.15) is 0 Å². The Hall–Kier alpha value is -1.75. The van der Waals surface area contributed by atoms with Crippen LogP contribution in [0.5, 0.6) is 0 Å². The molecule has 3 amide bonds. The second-order valence-corrected chi connectivity index (χ2v) is 6.58. The number of urea groups is 1. The van der Waals surface area contributed by atoms with E-state index in [9.17, 15) is 9.59 Å². The van der Waals surface area contributed by atoms with E-state index in [1.54, 1.807) is 4.90 Å². The molecular formula is C17H24ClN3O2. The summed E-state index contributed by atoms with van der Waals surface area (Å²) in [5.74, 6) is -0.00516. The highest BCUT2D eigenvalue weighted by atomic mass is 35.5. The van der Waals surface area contributed by atoms with Crippen LogP contribution in [0, 0.1) is 5.92 Å². The maximum Gasteiger partial charge on any atom is 0.317 e. The Morgan fingerprint density at radius 1 is 1.26 bits per heavy atom. The van der Waals surface area contributed by atoms with Gasteiger partial charge in [0, 0.05) is 36.6 Å². The smallest absolute Gasteiger partial charge is 0.317 e. The molecule has 0 radical (unpaired) electrons. The van der Waals surface area contributed by atoms with Crippen molar-refractivity contribution in [2.75, 3.05) is 13.1 Å². The number of hydrogen-bond acceptors (Lipinski definition) is 2. The van der Waals surface area contributed by atoms with E-state index < -0.39 is 0 Å². The average Bonchev–Trinajstić information content (AvgIpc) is 2.53. The standard InChI is InChI=1S/C17H24ClN3O2/c1-12(2)20-17(23)21-9-7-13(8-10-21)16(22)19-11-14-5-3-4-6-15(14)18/h3-6,12-13H,7-11H2,1-2H3,(H,19,22)(H,20,23). The lowest BCUT2D eigenvalue weighted by Gasteiger charge is -2.32. The number of hydrogen-bond donors (Lipinski definition) is 2. The van der Waals surface area contributed by atoms with E-state index in [-0.39, 0.29) is 23.9 Å². The molecule has 1 aliphatic heterocycles. The number of likely N-dealkylation sites (tertiary alicyclic amines) is 1. The largest absolute Gasteiger partial charge is 0.352 e. The third-order valence-electron chi connectivity index (χ3n) is 3.98. The molecule has 0 aliphatic carbocycles. The number of carbonyl (C=O) groups is 2. The summed E-state index contributed by atoms with van der Waals surface area (Å²) >= 11 is 6.09. The molecule has 2 rings (SSSR count). The number of carbonyl (C=O) groups excluding carboxylic acids is 2. The van der Waals surface area contributed by atoms with E-state index in [1.807, 2.05) is 38.1 Å². The Morgan fingerprint density at radius 2 is 1.91 bits per heavy atom. The number of amides is 3. The SMILES string of the molecule is CC(C)NC(=O)N1CCC(C(=O)NCc2ccccc2Cl)CC1. The molecule has 1 saturated heterocycles. The molecule has 1 aliphatic rings. The summed E-state index contributed by atoms with van der Waals surface area (Å²) in [6, 6.07) is 7.57. The van der Waals surface area contributed by atoms with Gasteiger partial charge in [-0.15, -0.1) is 0 Å². The predicted molar refractivity (Wildman–Crippen MR) is 91.3 cm³/mol. The molecule has 0 spiro atoms. The fourth-order valence-electron chi connectivity index (χ4n) is 2.65. The first-order valence-electron chi connectivity index (χ1n) is 8.04. The van der Waals surface area contributed by atoms with Gasteiger partial charge in [-0.2, -0.15) is 0 Å². The fourth-order valence-corrected chi connectivity index (χ4v) is 2.85. The first-order valence-corrected chi connectivity index (χ1v) is 8.41. The normalized spacial score (nSPS) is 15.6. The molecule has 0 saturated carbocycles. The number of halogens is 1. The molecule has 5 nitrogen and oxygen atoms in total. The molecule has 126 valence electrons. The maximum absolute atomic E-state index is 12.3. The summed E-state index contributed by atoms with van der Waals surface area (Å²) in [6.45, 7) is 5.54. The first kappa shape index (κ1) is 17.6. The highest BCUT2D eigenvalue weighted by Crippen LogP contribution is 2.19. The third-order valence-corrected chi connectivity index (χ3v) is 4.34. The van der Waals surface area contributed by atoms with Gasteiger partial charge in [-0.05, 0) is 38.3 Å². The van der Waals surface area contributed by atoms with Crippen molar-refractivity contribution < 1.29 is 9.59 Å². The number of nitrogens with one attached hydrogen (secondary N) is 2. The highest BCUT2D eigenvalue weighted by molar-refractivity contribution is 6.31. The Bertz CT molecular complexity index is 555. The van der Waals surface area contributed by atoms with Gasteiger partial charge in [-0.3, -0.25) is 4.79 Å². The molecule has 1 aromatic carbocycles. The zero-order valence-corrected chi connectivity index (χ0v) is 14.4. The van der Waals surface area contributed by atoms with Gasteiger partial charge >= 0.3 is 6.03 Å². The van der Waals surface area contributed by atoms with Crippen LogP contribution in [0.3, 0.4) is 0 Å². The van der Waals surface area contributed by atoms with E-state index in [2.05, 4.69) is 10.6 Å². The van der Waals surface area contributed by atoms with Crippen molar-refractivity contribution in [1.29, 1.82) is 0 Å². The quantitative estimate of drug-likeness (QED) is 0.887. The molecule has 0 atom stereocenters. The van der Waals surface area contributed by atoms with Gasteiger partial charge < -0.3 is 15.5 Å². The summed E-state index contributed by atoms with van der Waals surface area (Å²) in [5, 5.41) is 6.48. The molecule has 1 aromatic rings. The minimum Gasteiger partial charge on any atom is -0.352 e. The second kappa shape index (κ2) is 8.20. The topological polar surface area (TPSA) is 61.4 Å². The zero-order chi connectivity index (χ0) is 16.8. The third kappa shape index (κ3) is 5.13. The van der Waals surface area contributed by atoms with Crippen LogP contribution in [-0.2, 0) is 11.3 Å². The van der Waals surface area contributed by atoms with E-state index in [1.165, 1.54) is 0 Å². The van der Waals surface area contributed by atoms with Crippen molar-refractivity contribution in [1.82, 2.24) is 15.5 Å². The van der Waals surface area contributed by atoms with Crippen LogP contribution in [0.1, 0.15) is 32.3 Å². The van der Waals surface area contributed by atoms with E-state index in [4.69, 9.17) is 11.6 Å². The predicted octanol–water partition coefficient (Wildman–Crippen LogP) is 2.79.